The highest BCUT2D eigenvalue weighted by Gasteiger charge is 2.32. The largest absolute Gasteiger partial charge is 0.326 e. The average Bonchev–Trinajstić information content (AvgIpc) is 2.40. The van der Waals surface area contributed by atoms with Crippen LogP contribution < -0.4 is 5.73 Å². The molecular formula is C19H32N2. The van der Waals surface area contributed by atoms with E-state index in [4.69, 9.17) is 5.73 Å². The lowest BCUT2D eigenvalue weighted by Crippen LogP contribution is -2.45. The fourth-order valence-corrected chi connectivity index (χ4v) is 3.65. The Morgan fingerprint density at radius 3 is 2.05 bits per heavy atom. The normalized spacial score (nSPS) is 21.2. The third kappa shape index (κ3) is 4.08. The highest BCUT2D eigenvalue weighted by atomic mass is 15.2. The van der Waals surface area contributed by atoms with Gasteiger partial charge >= 0.3 is 0 Å². The van der Waals surface area contributed by atoms with Gasteiger partial charge in [-0.25, -0.2) is 0 Å². The van der Waals surface area contributed by atoms with Gasteiger partial charge in [-0.05, 0) is 56.7 Å². The van der Waals surface area contributed by atoms with Gasteiger partial charge in [-0.1, -0.05) is 50.6 Å². The van der Waals surface area contributed by atoms with Crippen LogP contribution in [0.1, 0.15) is 57.7 Å². The van der Waals surface area contributed by atoms with Gasteiger partial charge in [-0.2, -0.15) is 0 Å². The summed E-state index contributed by atoms with van der Waals surface area (Å²) >= 11 is 0. The van der Waals surface area contributed by atoms with Crippen LogP contribution in [0.2, 0.25) is 0 Å². The molecule has 0 spiro atoms. The van der Waals surface area contributed by atoms with Crippen LogP contribution in [0.15, 0.2) is 24.3 Å². The lowest BCUT2D eigenvalue weighted by Gasteiger charge is -2.43. The third-order valence-corrected chi connectivity index (χ3v) is 5.06. The van der Waals surface area contributed by atoms with Crippen molar-refractivity contribution < 1.29 is 0 Å². The van der Waals surface area contributed by atoms with Crippen molar-refractivity contribution in [3.05, 3.63) is 35.4 Å². The minimum absolute atomic E-state index is 0.166. The van der Waals surface area contributed by atoms with Gasteiger partial charge in [-0.3, -0.25) is 4.90 Å². The van der Waals surface area contributed by atoms with E-state index < -0.39 is 0 Å². The van der Waals surface area contributed by atoms with Crippen LogP contribution in [0, 0.1) is 18.3 Å². The molecule has 2 unspecified atom stereocenters. The first-order valence-electron chi connectivity index (χ1n) is 8.35. The van der Waals surface area contributed by atoms with Gasteiger partial charge in [0.15, 0.2) is 0 Å². The van der Waals surface area contributed by atoms with Crippen LogP contribution in [0.4, 0.5) is 0 Å². The van der Waals surface area contributed by atoms with Gasteiger partial charge < -0.3 is 5.73 Å². The first kappa shape index (κ1) is 16.5. The second-order valence-corrected chi connectivity index (χ2v) is 7.89. The van der Waals surface area contributed by atoms with Gasteiger partial charge in [-0.15, -0.1) is 0 Å². The van der Waals surface area contributed by atoms with E-state index in [1.54, 1.807) is 0 Å². The molecule has 0 aliphatic carbocycles. The number of benzene rings is 1. The Kier molecular flexibility index (Phi) is 5.11. The van der Waals surface area contributed by atoms with Crippen molar-refractivity contribution in [3.8, 4) is 0 Å². The minimum Gasteiger partial charge on any atom is -0.326 e. The smallest absolute Gasteiger partial charge is 0.0496 e. The third-order valence-electron chi connectivity index (χ3n) is 5.06. The van der Waals surface area contributed by atoms with Gasteiger partial charge in [0.1, 0.15) is 0 Å². The van der Waals surface area contributed by atoms with Crippen LogP contribution in [-0.4, -0.2) is 24.0 Å². The van der Waals surface area contributed by atoms with E-state index >= 15 is 0 Å². The summed E-state index contributed by atoms with van der Waals surface area (Å²) in [6.07, 6.45) is 2.58. The molecule has 0 amide bonds. The zero-order valence-electron chi connectivity index (χ0n) is 14.4. The molecule has 1 fully saturated rings. The maximum atomic E-state index is 6.32. The molecule has 2 nitrogen and oxygen atoms in total. The predicted molar refractivity (Wildman–Crippen MR) is 91.3 cm³/mol. The molecule has 0 radical (unpaired) electrons. The Labute approximate surface area is 130 Å². The number of nitrogens with two attached hydrogens (primary N) is 1. The molecule has 2 heteroatoms. The van der Waals surface area contributed by atoms with Crippen LogP contribution in [0.25, 0.3) is 0 Å². The molecule has 1 aliphatic rings. The monoisotopic (exact) mass is 288 g/mol. The Balaban J connectivity index is 2.09. The molecule has 1 aromatic carbocycles. The number of likely N-dealkylation sites (tertiary alicyclic amines) is 1. The van der Waals surface area contributed by atoms with Crippen molar-refractivity contribution in [1.82, 2.24) is 4.90 Å². The van der Waals surface area contributed by atoms with E-state index in [2.05, 4.69) is 63.8 Å². The van der Waals surface area contributed by atoms with Crippen LogP contribution >= 0.6 is 0 Å². The number of hydrogen-bond donors (Lipinski definition) is 1. The number of piperidine rings is 1. The molecule has 2 rings (SSSR count). The first-order chi connectivity index (χ1) is 9.79. The lowest BCUT2D eigenvalue weighted by molar-refractivity contribution is 0.0749. The highest BCUT2D eigenvalue weighted by molar-refractivity contribution is 5.25. The highest BCUT2D eigenvalue weighted by Crippen LogP contribution is 2.37. The molecule has 21 heavy (non-hydrogen) atoms. The van der Waals surface area contributed by atoms with Crippen molar-refractivity contribution in [1.29, 1.82) is 0 Å². The van der Waals surface area contributed by atoms with Gasteiger partial charge in [0.25, 0.3) is 0 Å². The van der Waals surface area contributed by atoms with Crippen LogP contribution in [0.3, 0.4) is 0 Å². The number of aryl methyl sites for hydroxylation is 1. The molecule has 1 saturated heterocycles. The first-order valence-corrected chi connectivity index (χ1v) is 8.35. The van der Waals surface area contributed by atoms with Gasteiger partial charge in [0, 0.05) is 12.1 Å². The summed E-state index contributed by atoms with van der Waals surface area (Å²) < 4.78 is 0. The van der Waals surface area contributed by atoms with Gasteiger partial charge in [0.05, 0.1) is 0 Å². The number of rotatable bonds is 3. The molecule has 1 aromatic rings. The Hall–Kier alpha value is -0.860. The summed E-state index contributed by atoms with van der Waals surface area (Å²) in [5.41, 5.74) is 9.43. The Bertz CT molecular complexity index is 434. The van der Waals surface area contributed by atoms with E-state index in [0.717, 1.165) is 5.92 Å². The summed E-state index contributed by atoms with van der Waals surface area (Å²) in [5, 5.41) is 0. The van der Waals surface area contributed by atoms with Crippen molar-refractivity contribution in [3.63, 3.8) is 0 Å². The zero-order valence-corrected chi connectivity index (χ0v) is 14.4. The summed E-state index contributed by atoms with van der Waals surface area (Å²) in [5.74, 6) is 0.834. The van der Waals surface area contributed by atoms with Crippen molar-refractivity contribution in [2.45, 2.75) is 59.5 Å². The fourth-order valence-electron chi connectivity index (χ4n) is 3.65. The van der Waals surface area contributed by atoms with Crippen LogP contribution in [-0.2, 0) is 0 Å². The zero-order chi connectivity index (χ0) is 15.6. The molecule has 0 saturated carbocycles. The second kappa shape index (κ2) is 6.50. The molecule has 2 N–H and O–H groups in total. The topological polar surface area (TPSA) is 29.3 Å². The molecule has 0 aromatic heterocycles. The molecule has 1 aliphatic heterocycles. The van der Waals surface area contributed by atoms with Crippen molar-refractivity contribution in [2.75, 3.05) is 13.1 Å². The van der Waals surface area contributed by atoms with E-state index in [0.29, 0.717) is 11.5 Å². The van der Waals surface area contributed by atoms with Gasteiger partial charge in [0.2, 0.25) is 0 Å². The Morgan fingerprint density at radius 1 is 1.10 bits per heavy atom. The number of hydrogen-bond acceptors (Lipinski definition) is 2. The summed E-state index contributed by atoms with van der Waals surface area (Å²) in [6, 6.07) is 9.42. The van der Waals surface area contributed by atoms with Crippen molar-refractivity contribution in [2.24, 2.45) is 17.1 Å². The maximum Gasteiger partial charge on any atom is 0.0496 e. The SMILES string of the molecule is Cc1ccc(C(C(C)N)N2CCC(C(C)(C)C)CC2)cc1. The van der Waals surface area contributed by atoms with Crippen molar-refractivity contribution >= 4 is 0 Å². The summed E-state index contributed by atoms with van der Waals surface area (Å²) in [7, 11) is 0. The summed E-state index contributed by atoms with van der Waals surface area (Å²) in [4.78, 5) is 2.59. The molecule has 0 bridgehead atoms. The average molecular weight is 288 g/mol. The molecule has 1 heterocycles. The maximum absolute atomic E-state index is 6.32. The van der Waals surface area contributed by atoms with Crippen LogP contribution in [0.5, 0.6) is 0 Å². The quantitative estimate of drug-likeness (QED) is 0.905. The predicted octanol–water partition coefficient (Wildman–Crippen LogP) is 4.14. The second-order valence-electron chi connectivity index (χ2n) is 7.89. The minimum atomic E-state index is 0.166. The molecular weight excluding hydrogens is 256 g/mol. The van der Waals surface area contributed by atoms with E-state index in [-0.39, 0.29) is 6.04 Å². The van der Waals surface area contributed by atoms with E-state index in [1.807, 2.05) is 0 Å². The Morgan fingerprint density at radius 2 is 1.62 bits per heavy atom. The van der Waals surface area contributed by atoms with E-state index in [9.17, 15) is 0 Å². The fraction of sp³-hybridized carbons (Fsp3) is 0.684. The van der Waals surface area contributed by atoms with E-state index in [1.165, 1.54) is 37.1 Å². The lowest BCUT2D eigenvalue weighted by atomic mass is 9.75. The summed E-state index contributed by atoms with van der Waals surface area (Å²) in [6.45, 7) is 13.7. The number of nitrogens with zero attached hydrogens (tertiary/aromatic N) is 1. The molecule has 118 valence electrons. The molecule has 2 atom stereocenters. The standard InChI is InChI=1S/C19H32N2/c1-14-6-8-16(9-7-14)18(15(2)20)21-12-10-17(11-13-21)19(3,4)5/h6-9,15,17-18H,10-13,20H2,1-5H3.